The van der Waals surface area contributed by atoms with E-state index in [4.69, 9.17) is 4.74 Å². The normalized spacial score (nSPS) is 20.1. The van der Waals surface area contributed by atoms with E-state index in [2.05, 4.69) is 10.3 Å². The number of aromatic nitrogens is 2. The van der Waals surface area contributed by atoms with Crippen molar-refractivity contribution in [2.24, 2.45) is 7.05 Å². The number of nitriles is 1. The molecule has 2 aliphatic heterocycles. The summed E-state index contributed by atoms with van der Waals surface area (Å²) >= 11 is 0. The monoisotopic (exact) mass is 596 g/mol. The van der Waals surface area contributed by atoms with Gasteiger partial charge in [-0.05, 0) is 54.8 Å². The number of carbonyl (C=O) groups excluding carboxylic acids is 1. The fraction of sp³-hybridized carbons (Fsp3) is 0.400. The minimum atomic E-state index is -4.58. The number of aryl methyl sites for hydroxylation is 1. The molecule has 0 aliphatic carbocycles. The molecule has 0 saturated carbocycles. The molecule has 5 rings (SSSR count). The third-order valence-corrected chi connectivity index (χ3v) is 8.51. The Kier molecular flexibility index (Phi) is 8.07. The number of amides is 2. The number of benzene rings is 1. The Morgan fingerprint density at radius 3 is 2.47 bits per heavy atom. The molecule has 2 aliphatic rings. The molecule has 2 aromatic heterocycles. The number of nitrogens with one attached hydrogen (secondary N) is 1. The topological polar surface area (TPSA) is 124 Å². The molecule has 0 bridgehead atoms. The van der Waals surface area contributed by atoms with E-state index in [0.29, 0.717) is 11.3 Å². The number of hydrogen-bond donors (Lipinski definition) is 2. The van der Waals surface area contributed by atoms with Crippen LogP contribution in [0.25, 0.3) is 11.4 Å². The molecule has 0 unspecified atom stereocenters. The van der Waals surface area contributed by atoms with Crippen molar-refractivity contribution < 1.29 is 32.6 Å². The van der Waals surface area contributed by atoms with Crippen LogP contribution in [0.3, 0.4) is 0 Å². The summed E-state index contributed by atoms with van der Waals surface area (Å²) in [4.78, 5) is 33.4. The molecule has 43 heavy (non-hydrogen) atoms. The van der Waals surface area contributed by atoms with Crippen molar-refractivity contribution in [1.82, 2.24) is 19.8 Å². The Morgan fingerprint density at radius 2 is 1.91 bits per heavy atom. The van der Waals surface area contributed by atoms with Gasteiger partial charge in [-0.25, -0.2) is 4.79 Å². The third-order valence-electron chi connectivity index (χ3n) is 8.51. The van der Waals surface area contributed by atoms with Gasteiger partial charge in [0.25, 0.3) is 0 Å². The van der Waals surface area contributed by atoms with E-state index < -0.39 is 35.4 Å². The Hall–Kier alpha value is -4.57. The first kappa shape index (κ1) is 29.9. The van der Waals surface area contributed by atoms with Crippen LogP contribution in [0.1, 0.15) is 29.5 Å². The zero-order valence-corrected chi connectivity index (χ0v) is 23.6. The van der Waals surface area contributed by atoms with Crippen LogP contribution in [0.15, 0.2) is 54.9 Å². The number of alkyl halides is 3. The number of rotatable bonds is 6. The lowest BCUT2D eigenvalue weighted by Crippen LogP contribution is -2.56. The molecule has 2 amide bonds. The predicted octanol–water partition coefficient (Wildman–Crippen LogP) is 4.01. The average molecular weight is 597 g/mol. The Balaban J connectivity index is 1.44. The molecule has 3 aromatic rings. The highest BCUT2D eigenvalue weighted by atomic mass is 19.4. The van der Waals surface area contributed by atoms with Gasteiger partial charge in [-0.2, -0.15) is 18.4 Å². The van der Waals surface area contributed by atoms with Gasteiger partial charge >= 0.3 is 12.3 Å². The number of piperidine rings is 1. The first-order valence-electron chi connectivity index (χ1n) is 13.7. The van der Waals surface area contributed by atoms with Gasteiger partial charge in [0.15, 0.2) is 0 Å². The number of carboxylic acid groups (broad SMARTS) is 1. The van der Waals surface area contributed by atoms with Gasteiger partial charge in [-0.15, -0.1) is 0 Å². The highest BCUT2D eigenvalue weighted by Crippen LogP contribution is 2.40. The minimum absolute atomic E-state index is 0.0730. The van der Waals surface area contributed by atoms with E-state index in [1.165, 1.54) is 18.1 Å². The summed E-state index contributed by atoms with van der Waals surface area (Å²) in [6.45, 7) is 0.762. The van der Waals surface area contributed by atoms with Crippen LogP contribution in [-0.2, 0) is 28.2 Å². The molecule has 2 saturated heterocycles. The Bertz CT molecular complexity index is 1540. The van der Waals surface area contributed by atoms with Gasteiger partial charge in [0, 0.05) is 46.2 Å². The van der Waals surface area contributed by atoms with Gasteiger partial charge in [-0.1, -0.05) is 6.07 Å². The minimum Gasteiger partial charge on any atom is -0.465 e. The molecule has 13 heteroatoms. The number of halogens is 3. The second kappa shape index (κ2) is 11.6. The van der Waals surface area contributed by atoms with Crippen molar-refractivity contribution in [3.63, 3.8) is 0 Å². The zero-order chi connectivity index (χ0) is 30.9. The summed E-state index contributed by atoms with van der Waals surface area (Å²) in [6.07, 6.45) is -2.07. The molecule has 2 N–H and O–H groups in total. The third kappa shape index (κ3) is 5.75. The molecule has 2 fully saturated rings. The fourth-order valence-electron chi connectivity index (χ4n) is 6.02. The van der Waals surface area contributed by atoms with Crippen molar-refractivity contribution >= 4 is 17.7 Å². The van der Waals surface area contributed by atoms with E-state index in [1.54, 1.807) is 6.20 Å². The van der Waals surface area contributed by atoms with Crippen LogP contribution >= 0.6 is 0 Å². The zero-order valence-electron chi connectivity index (χ0n) is 23.6. The number of anilines is 1. The number of likely N-dealkylation sites (tertiary alicyclic amines) is 1. The number of hydrogen-bond acceptors (Lipinski definition) is 6. The number of ether oxygens (including phenoxy) is 1. The molecule has 1 aromatic carbocycles. The van der Waals surface area contributed by atoms with Crippen LogP contribution < -0.4 is 10.2 Å². The SMILES string of the molecule is CO[C@H]1CN(C(=O)O)C[C@H]1NC(=O)C1(c2ccc(-c3cccn3C)nc2)CCN(c2ccc(C(F)(F)F)cc2C#N)CC1. The van der Waals surface area contributed by atoms with Crippen LogP contribution in [0, 0.1) is 11.3 Å². The first-order valence-corrected chi connectivity index (χ1v) is 13.7. The van der Waals surface area contributed by atoms with Crippen LogP contribution in [-0.4, -0.2) is 77.0 Å². The summed E-state index contributed by atoms with van der Waals surface area (Å²) in [5.41, 5.74) is 0.593. The largest absolute Gasteiger partial charge is 0.465 e. The molecule has 4 heterocycles. The highest BCUT2D eigenvalue weighted by Gasteiger charge is 2.46. The van der Waals surface area contributed by atoms with Crippen molar-refractivity contribution in [2.75, 3.05) is 38.2 Å². The summed E-state index contributed by atoms with van der Waals surface area (Å²) in [5, 5.41) is 22.1. The second-order valence-corrected chi connectivity index (χ2v) is 10.9. The summed E-state index contributed by atoms with van der Waals surface area (Å²) in [5.74, 6) is -0.312. The highest BCUT2D eigenvalue weighted by molar-refractivity contribution is 5.89. The van der Waals surface area contributed by atoms with E-state index in [0.717, 1.165) is 23.5 Å². The summed E-state index contributed by atoms with van der Waals surface area (Å²) in [7, 11) is 3.37. The number of nitrogens with zero attached hydrogens (tertiary/aromatic N) is 5. The molecule has 2 atom stereocenters. The van der Waals surface area contributed by atoms with Crippen molar-refractivity contribution in [3.05, 3.63) is 71.5 Å². The van der Waals surface area contributed by atoms with E-state index in [9.17, 15) is 33.1 Å². The van der Waals surface area contributed by atoms with E-state index in [1.807, 2.05) is 53.0 Å². The second-order valence-electron chi connectivity index (χ2n) is 10.9. The fourth-order valence-corrected chi connectivity index (χ4v) is 6.02. The summed E-state index contributed by atoms with van der Waals surface area (Å²) in [6, 6.07) is 11.9. The van der Waals surface area contributed by atoms with Gasteiger partial charge in [0.1, 0.15) is 6.07 Å². The standard InChI is InChI=1S/C30H31F3N6O4/c1-37-11-3-4-25(37)22-7-5-21(16-35-22)29(27(40)36-23-17-39(28(41)42)18-26(23)43-2)9-12-38(13-10-29)24-8-6-20(30(31,32)33)14-19(24)15-34/h3-8,11,14,16,23,26H,9-10,12-13,17-18H2,1-2H3,(H,36,40)(H,41,42)/t23-,26+/m1/s1. The van der Waals surface area contributed by atoms with Crippen LogP contribution in [0.4, 0.5) is 23.7 Å². The van der Waals surface area contributed by atoms with Gasteiger partial charge in [0.2, 0.25) is 5.91 Å². The van der Waals surface area contributed by atoms with Crippen molar-refractivity contribution in [3.8, 4) is 17.5 Å². The molecule has 10 nitrogen and oxygen atoms in total. The number of pyridine rings is 1. The maximum absolute atomic E-state index is 14.1. The maximum Gasteiger partial charge on any atom is 0.416 e. The Labute approximate surface area is 246 Å². The van der Waals surface area contributed by atoms with E-state index >= 15 is 0 Å². The Morgan fingerprint density at radius 1 is 1.16 bits per heavy atom. The van der Waals surface area contributed by atoms with Crippen molar-refractivity contribution in [1.29, 1.82) is 5.26 Å². The smallest absolute Gasteiger partial charge is 0.416 e. The molecular weight excluding hydrogens is 565 g/mol. The molecule has 0 spiro atoms. The molecular formula is C30H31F3N6O4. The molecule has 0 radical (unpaired) electrons. The summed E-state index contributed by atoms with van der Waals surface area (Å²) < 4.78 is 47.2. The van der Waals surface area contributed by atoms with Gasteiger partial charge in [0.05, 0.1) is 52.3 Å². The molecule has 226 valence electrons. The lowest BCUT2D eigenvalue weighted by atomic mass is 9.72. The lowest BCUT2D eigenvalue weighted by Gasteiger charge is -2.42. The number of methoxy groups -OCH3 is 1. The average Bonchev–Trinajstić information content (AvgIpc) is 3.62. The predicted molar refractivity (Wildman–Crippen MR) is 150 cm³/mol. The van der Waals surface area contributed by atoms with Gasteiger partial charge < -0.3 is 29.5 Å². The van der Waals surface area contributed by atoms with Crippen LogP contribution in [0.5, 0.6) is 0 Å². The first-order chi connectivity index (χ1) is 20.5. The lowest BCUT2D eigenvalue weighted by molar-refractivity contribution is -0.137. The quantitative estimate of drug-likeness (QED) is 0.441. The maximum atomic E-state index is 14.1. The van der Waals surface area contributed by atoms with Gasteiger partial charge in [-0.3, -0.25) is 9.78 Å². The van der Waals surface area contributed by atoms with Crippen molar-refractivity contribution in [2.45, 2.75) is 36.6 Å². The van der Waals surface area contributed by atoms with Crippen LogP contribution in [0.2, 0.25) is 0 Å². The number of carbonyl (C=O) groups is 2. The van der Waals surface area contributed by atoms with E-state index in [-0.39, 0.29) is 50.5 Å².